The van der Waals surface area contributed by atoms with Crippen molar-refractivity contribution in [1.29, 1.82) is 0 Å². The summed E-state index contributed by atoms with van der Waals surface area (Å²) >= 11 is 0. The number of rotatable bonds is 9. The van der Waals surface area contributed by atoms with Crippen LogP contribution in [-0.2, 0) is 16.1 Å². The Bertz CT molecular complexity index is 708. The van der Waals surface area contributed by atoms with E-state index in [1.54, 1.807) is 57.4 Å². The lowest BCUT2D eigenvalue weighted by Gasteiger charge is -2.22. The second kappa shape index (κ2) is 8.94. The van der Waals surface area contributed by atoms with Gasteiger partial charge in [-0.3, -0.25) is 9.59 Å². The molecule has 1 aromatic heterocycles. The lowest BCUT2D eigenvalue weighted by molar-refractivity contribution is -0.141. The van der Waals surface area contributed by atoms with Gasteiger partial charge in [-0.1, -0.05) is 0 Å². The van der Waals surface area contributed by atoms with Crippen molar-refractivity contribution in [2.75, 3.05) is 20.3 Å². The highest BCUT2D eigenvalue weighted by Crippen LogP contribution is 2.17. The summed E-state index contributed by atoms with van der Waals surface area (Å²) in [6.45, 7) is 3.97. The first kappa shape index (κ1) is 19.4. The van der Waals surface area contributed by atoms with Gasteiger partial charge in [0.05, 0.1) is 26.5 Å². The molecule has 0 saturated carbocycles. The predicted octanol–water partition coefficient (Wildman–Crippen LogP) is 2.13. The number of hydrogen-bond acceptors (Lipinski definition) is 5. The Morgan fingerprint density at radius 3 is 2.31 bits per heavy atom. The molecule has 1 heterocycles. The number of hydrogen-bond donors (Lipinski definition) is 2. The molecule has 2 aromatic rings. The van der Waals surface area contributed by atoms with E-state index in [1.807, 2.05) is 0 Å². The first-order chi connectivity index (χ1) is 12.4. The summed E-state index contributed by atoms with van der Waals surface area (Å²) in [5, 5.41) is 5.41. The van der Waals surface area contributed by atoms with E-state index < -0.39 is 5.41 Å². The van der Waals surface area contributed by atoms with E-state index >= 15 is 0 Å². The third-order valence-electron chi connectivity index (χ3n) is 3.85. The Morgan fingerprint density at radius 2 is 1.69 bits per heavy atom. The minimum absolute atomic E-state index is 0.239. The number of nitrogens with one attached hydrogen (secondary N) is 2. The van der Waals surface area contributed by atoms with E-state index in [-0.39, 0.29) is 18.4 Å². The van der Waals surface area contributed by atoms with Gasteiger partial charge in [0.1, 0.15) is 29.3 Å². The van der Waals surface area contributed by atoms with Gasteiger partial charge in [0, 0.05) is 0 Å². The zero-order valence-corrected chi connectivity index (χ0v) is 15.2. The van der Waals surface area contributed by atoms with E-state index in [1.165, 1.54) is 6.26 Å². The molecular formula is C19H24N2O5. The van der Waals surface area contributed by atoms with Crippen LogP contribution < -0.4 is 20.1 Å². The van der Waals surface area contributed by atoms with E-state index in [0.717, 1.165) is 5.75 Å². The second-order valence-electron chi connectivity index (χ2n) is 6.17. The largest absolute Gasteiger partial charge is 0.497 e. The normalized spacial score (nSPS) is 10.9. The van der Waals surface area contributed by atoms with Crippen LogP contribution in [0, 0.1) is 5.41 Å². The second-order valence-corrected chi connectivity index (χ2v) is 6.17. The van der Waals surface area contributed by atoms with Gasteiger partial charge in [0.25, 0.3) is 0 Å². The van der Waals surface area contributed by atoms with Crippen LogP contribution in [0.3, 0.4) is 0 Å². The van der Waals surface area contributed by atoms with Crippen molar-refractivity contribution in [3.05, 3.63) is 48.4 Å². The summed E-state index contributed by atoms with van der Waals surface area (Å²) in [6, 6.07) is 10.6. The molecule has 1 aromatic carbocycles. The lowest BCUT2D eigenvalue weighted by Crippen LogP contribution is -2.48. The van der Waals surface area contributed by atoms with Crippen LogP contribution in [0.1, 0.15) is 19.6 Å². The van der Waals surface area contributed by atoms with Crippen molar-refractivity contribution in [1.82, 2.24) is 10.6 Å². The molecule has 7 nitrogen and oxygen atoms in total. The lowest BCUT2D eigenvalue weighted by atomic mass is 9.91. The molecule has 0 unspecified atom stereocenters. The van der Waals surface area contributed by atoms with Crippen LogP contribution >= 0.6 is 0 Å². The SMILES string of the molecule is COc1ccc(OCCNC(=O)C(C)(C)C(=O)NCc2ccco2)cc1. The smallest absolute Gasteiger partial charge is 0.235 e. The van der Waals surface area contributed by atoms with E-state index in [9.17, 15) is 9.59 Å². The maximum Gasteiger partial charge on any atom is 0.235 e. The summed E-state index contributed by atoms with van der Waals surface area (Å²) in [5.41, 5.74) is -1.20. The Labute approximate surface area is 152 Å². The zero-order valence-electron chi connectivity index (χ0n) is 15.2. The predicted molar refractivity (Wildman–Crippen MR) is 95.8 cm³/mol. The van der Waals surface area contributed by atoms with Crippen molar-refractivity contribution in [2.45, 2.75) is 20.4 Å². The number of ether oxygens (including phenoxy) is 2. The number of benzene rings is 1. The molecule has 0 fully saturated rings. The molecule has 0 atom stereocenters. The van der Waals surface area contributed by atoms with Crippen molar-refractivity contribution < 1.29 is 23.5 Å². The van der Waals surface area contributed by atoms with Gasteiger partial charge in [-0.2, -0.15) is 0 Å². The van der Waals surface area contributed by atoms with Crippen LogP contribution in [0.15, 0.2) is 47.1 Å². The Balaban J connectivity index is 1.73. The van der Waals surface area contributed by atoms with Crippen molar-refractivity contribution in [2.24, 2.45) is 5.41 Å². The van der Waals surface area contributed by atoms with E-state index in [4.69, 9.17) is 13.9 Å². The molecule has 0 saturated heterocycles. The third-order valence-corrected chi connectivity index (χ3v) is 3.85. The van der Waals surface area contributed by atoms with Crippen LogP contribution in [0.25, 0.3) is 0 Å². The van der Waals surface area contributed by atoms with E-state index in [0.29, 0.717) is 24.7 Å². The first-order valence-electron chi connectivity index (χ1n) is 8.29. The highest BCUT2D eigenvalue weighted by Gasteiger charge is 2.35. The third kappa shape index (κ3) is 5.27. The van der Waals surface area contributed by atoms with Crippen molar-refractivity contribution in [3.63, 3.8) is 0 Å². The molecule has 2 N–H and O–H groups in total. The number of carbonyl (C=O) groups excluding carboxylic acids is 2. The van der Waals surface area contributed by atoms with Gasteiger partial charge in [-0.25, -0.2) is 0 Å². The van der Waals surface area contributed by atoms with Crippen molar-refractivity contribution >= 4 is 11.8 Å². The number of furan rings is 1. The highest BCUT2D eigenvalue weighted by molar-refractivity contribution is 6.04. The molecule has 7 heteroatoms. The Hall–Kier alpha value is -2.96. The van der Waals surface area contributed by atoms with Crippen LogP contribution in [-0.4, -0.2) is 32.1 Å². The molecule has 2 rings (SSSR count). The molecule has 2 amide bonds. The van der Waals surface area contributed by atoms with E-state index in [2.05, 4.69) is 10.6 Å². The van der Waals surface area contributed by atoms with Gasteiger partial charge in [0.15, 0.2) is 0 Å². The molecule has 26 heavy (non-hydrogen) atoms. The monoisotopic (exact) mass is 360 g/mol. The summed E-state index contributed by atoms with van der Waals surface area (Å²) in [6.07, 6.45) is 1.53. The summed E-state index contributed by atoms with van der Waals surface area (Å²) in [4.78, 5) is 24.6. The molecule has 0 aliphatic heterocycles. The maximum atomic E-state index is 12.3. The number of amides is 2. The van der Waals surface area contributed by atoms with Gasteiger partial charge < -0.3 is 24.5 Å². The van der Waals surface area contributed by atoms with Crippen LogP contribution in [0.2, 0.25) is 0 Å². The molecule has 0 radical (unpaired) electrons. The number of carbonyl (C=O) groups is 2. The van der Waals surface area contributed by atoms with Gasteiger partial charge in [-0.15, -0.1) is 0 Å². The zero-order chi connectivity index (χ0) is 19.0. The van der Waals surface area contributed by atoms with Gasteiger partial charge in [0.2, 0.25) is 11.8 Å². The summed E-state index contributed by atoms with van der Waals surface area (Å²) < 4.78 is 15.8. The minimum Gasteiger partial charge on any atom is -0.497 e. The average Bonchev–Trinajstić information content (AvgIpc) is 3.17. The standard InChI is InChI=1S/C19H24N2O5/c1-19(2,18(23)21-13-16-5-4-11-25-16)17(22)20-10-12-26-15-8-6-14(24-3)7-9-15/h4-9,11H,10,12-13H2,1-3H3,(H,20,22)(H,21,23). The quantitative estimate of drug-likeness (QED) is 0.528. The Morgan fingerprint density at radius 1 is 1.04 bits per heavy atom. The Kier molecular flexibility index (Phi) is 6.66. The van der Waals surface area contributed by atoms with Crippen LogP contribution in [0.5, 0.6) is 11.5 Å². The molecule has 0 aliphatic rings. The topological polar surface area (TPSA) is 89.8 Å². The van der Waals surface area contributed by atoms with Gasteiger partial charge in [-0.05, 0) is 50.2 Å². The summed E-state index contributed by atoms with van der Waals surface area (Å²) in [5.74, 6) is 1.31. The maximum absolute atomic E-state index is 12.3. The fourth-order valence-electron chi connectivity index (χ4n) is 2.13. The molecule has 0 spiro atoms. The van der Waals surface area contributed by atoms with Gasteiger partial charge >= 0.3 is 0 Å². The minimum atomic E-state index is -1.20. The fraction of sp³-hybridized carbons (Fsp3) is 0.368. The number of methoxy groups -OCH3 is 1. The average molecular weight is 360 g/mol. The van der Waals surface area contributed by atoms with Crippen molar-refractivity contribution in [3.8, 4) is 11.5 Å². The molecule has 140 valence electrons. The molecular weight excluding hydrogens is 336 g/mol. The molecule has 0 bridgehead atoms. The molecule has 0 aliphatic carbocycles. The summed E-state index contributed by atoms with van der Waals surface area (Å²) in [7, 11) is 1.60. The highest BCUT2D eigenvalue weighted by atomic mass is 16.5. The van der Waals surface area contributed by atoms with Crippen LogP contribution in [0.4, 0.5) is 0 Å². The first-order valence-corrected chi connectivity index (χ1v) is 8.29. The fourth-order valence-corrected chi connectivity index (χ4v) is 2.13.